The molecule has 16 heavy (non-hydrogen) atoms. The number of hydrogen-bond acceptors (Lipinski definition) is 0. The van der Waals surface area contributed by atoms with Crippen LogP contribution in [0, 0.1) is 10.8 Å². The third-order valence-electron chi connectivity index (χ3n) is 4.41. The Hall–Kier alpha value is 0. The average Bonchev–Trinajstić information content (AvgIpc) is 2.17. The van der Waals surface area contributed by atoms with E-state index in [4.69, 9.17) is 0 Å². The van der Waals surface area contributed by atoms with E-state index >= 15 is 0 Å². The molecule has 1 rings (SSSR count). The molecule has 0 atom stereocenters. The third kappa shape index (κ3) is 5.92. The maximum atomic E-state index is 2.46. The van der Waals surface area contributed by atoms with Crippen molar-refractivity contribution in [3.8, 4) is 0 Å². The van der Waals surface area contributed by atoms with Crippen LogP contribution in [0.15, 0.2) is 0 Å². The highest BCUT2D eigenvalue weighted by Gasteiger charge is 2.20. The summed E-state index contributed by atoms with van der Waals surface area (Å²) < 4.78 is 0. The van der Waals surface area contributed by atoms with Gasteiger partial charge in [-0.25, -0.2) is 0 Å². The zero-order valence-corrected chi connectivity index (χ0v) is 12.1. The van der Waals surface area contributed by atoms with Crippen molar-refractivity contribution in [1.29, 1.82) is 0 Å². The lowest BCUT2D eigenvalue weighted by Crippen LogP contribution is -2.15. The van der Waals surface area contributed by atoms with Gasteiger partial charge in [-0.3, -0.25) is 0 Å². The normalized spacial score (nSPS) is 27.8. The smallest absolute Gasteiger partial charge is 0.0354 e. The molecule has 1 saturated carbocycles. The van der Waals surface area contributed by atoms with E-state index in [2.05, 4.69) is 27.7 Å². The maximum Gasteiger partial charge on any atom is -0.0354 e. The van der Waals surface area contributed by atoms with Gasteiger partial charge in [0.1, 0.15) is 0 Å². The Morgan fingerprint density at radius 1 is 0.438 bits per heavy atom. The van der Waals surface area contributed by atoms with Gasteiger partial charge in [-0.15, -0.1) is 0 Å². The Bertz CT molecular complexity index is 166. The second-order valence-electron chi connectivity index (χ2n) is 7.45. The van der Waals surface area contributed by atoms with E-state index in [1.807, 2.05) is 0 Å². The molecular formula is C16H32. The molecule has 0 spiro atoms. The first kappa shape index (κ1) is 14.1. The van der Waals surface area contributed by atoms with Crippen molar-refractivity contribution >= 4 is 0 Å². The Morgan fingerprint density at radius 2 is 0.688 bits per heavy atom. The second kappa shape index (κ2) is 6.07. The van der Waals surface area contributed by atoms with Gasteiger partial charge in [-0.05, 0) is 36.5 Å². The molecule has 0 amide bonds. The summed E-state index contributed by atoms with van der Waals surface area (Å²) in [4.78, 5) is 0. The molecule has 0 radical (unpaired) electrons. The summed E-state index contributed by atoms with van der Waals surface area (Å²) >= 11 is 0. The quantitative estimate of drug-likeness (QED) is 0.476. The summed E-state index contributed by atoms with van der Waals surface area (Å²) in [6, 6.07) is 0. The van der Waals surface area contributed by atoms with E-state index in [0.717, 1.165) is 0 Å². The zero-order valence-electron chi connectivity index (χ0n) is 12.1. The van der Waals surface area contributed by atoms with E-state index in [0.29, 0.717) is 10.8 Å². The van der Waals surface area contributed by atoms with Crippen LogP contribution in [-0.2, 0) is 0 Å². The Morgan fingerprint density at radius 3 is 1.00 bits per heavy atom. The first-order valence-corrected chi connectivity index (χ1v) is 7.41. The molecule has 0 N–H and O–H groups in total. The van der Waals surface area contributed by atoms with Crippen molar-refractivity contribution in [2.75, 3.05) is 0 Å². The van der Waals surface area contributed by atoms with Crippen molar-refractivity contribution in [2.24, 2.45) is 10.8 Å². The van der Waals surface area contributed by atoms with Gasteiger partial charge in [0, 0.05) is 0 Å². The van der Waals surface area contributed by atoms with Crippen LogP contribution in [0.25, 0.3) is 0 Å². The van der Waals surface area contributed by atoms with Gasteiger partial charge in [0.2, 0.25) is 0 Å². The van der Waals surface area contributed by atoms with Crippen LogP contribution >= 0.6 is 0 Å². The van der Waals surface area contributed by atoms with E-state index in [-0.39, 0.29) is 0 Å². The monoisotopic (exact) mass is 224 g/mol. The van der Waals surface area contributed by atoms with Gasteiger partial charge >= 0.3 is 0 Å². The van der Waals surface area contributed by atoms with Gasteiger partial charge in [0.15, 0.2) is 0 Å². The van der Waals surface area contributed by atoms with Crippen LogP contribution in [0.1, 0.15) is 91.9 Å². The van der Waals surface area contributed by atoms with Gasteiger partial charge in [-0.1, -0.05) is 66.2 Å². The lowest BCUT2D eigenvalue weighted by molar-refractivity contribution is 0.241. The van der Waals surface area contributed by atoms with Gasteiger partial charge in [0.05, 0.1) is 0 Å². The summed E-state index contributed by atoms with van der Waals surface area (Å²) in [6.07, 6.45) is 14.5. The molecule has 1 fully saturated rings. The van der Waals surface area contributed by atoms with Crippen molar-refractivity contribution in [2.45, 2.75) is 91.9 Å². The molecule has 0 heterocycles. The minimum Gasteiger partial charge on any atom is -0.0599 e. The fraction of sp³-hybridized carbons (Fsp3) is 1.00. The van der Waals surface area contributed by atoms with E-state index in [1.165, 1.54) is 64.2 Å². The molecule has 0 aromatic carbocycles. The molecule has 0 aromatic rings. The molecule has 0 aliphatic heterocycles. The molecule has 0 nitrogen and oxygen atoms in total. The van der Waals surface area contributed by atoms with E-state index < -0.39 is 0 Å². The zero-order chi connectivity index (χ0) is 12.1. The Balaban J connectivity index is 2.41. The highest BCUT2D eigenvalue weighted by atomic mass is 14.3. The minimum atomic E-state index is 0.601. The predicted octanol–water partition coefficient (Wildman–Crippen LogP) is 5.95. The summed E-state index contributed by atoms with van der Waals surface area (Å²) in [5.41, 5.74) is 1.20. The van der Waals surface area contributed by atoms with Crippen LogP contribution in [0.4, 0.5) is 0 Å². The molecule has 1 aliphatic carbocycles. The number of rotatable bonds is 0. The van der Waals surface area contributed by atoms with Crippen molar-refractivity contribution in [3.63, 3.8) is 0 Å². The molecule has 0 unspecified atom stereocenters. The van der Waals surface area contributed by atoms with Crippen molar-refractivity contribution in [1.82, 2.24) is 0 Å². The van der Waals surface area contributed by atoms with Gasteiger partial charge in [-0.2, -0.15) is 0 Å². The SMILES string of the molecule is CC1(C)CCCCCCC(C)(C)CCCC1. The summed E-state index contributed by atoms with van der Waals surface area (Å²) in [6.45, 7) is 9.85. The van der Waals surface area contributed by atoms with E-state index in [9.17, 15) is 0 Å². The topological polar surface area (TPSA) is 0 Å². The molecule has 0 saturated heterocycles. The largest absolute Gasteiger partial charge is 0.0599 e. The summed E-state index contributed by atoms with van der Waals surface area (Å²) in [7, 11) is 0. The first-order valence-electron chi connectivity index (χ1n) is 7.41. The highest BCUT2D eigenvalue weighted by molar-refractivity contribution is 4.73. The summed E-state index contributed by atoms with van der Waals surface area (Å²) in [5, 5.41) is 0. The predicted molar refractivity (Wildman–Crippen MR) is 73.7 cm³/mol. The van der Waals surface area contributed by atoms with Gasteiger partial charge < -0.3 is 0 Å². The molecule has 1 aliphatic rings. The molecule has 0 aromatic heterocycles. The van der Waals surface area contributed by atoms with Crippen molar-refractivity contribution < 1.29 is 0 Å². The van der Waals surface area contributed by atoms with Crippen LogP contribution in [0.5, 0.6) is 0 Å². The van der Waals surface area contributed by atoms with Crippen LogP contribution < -0.4 is 0 Å². The Kier molecular flexibility index (Phi) is 5.34. The minimum absolute atomic E-state index is 0.601. The van der Waals surface area contributed by atoms with Crippen LogP contribution in [0.3, 0.4) is 0 Å². The molecule has 96 valence electrons. The van der Waals surface area contributed by atoms with Gasteiger partial charge in [0.25, 0.3) is 0 Å². The Labute approximate surface area is 103 Å². The average molecular weight is 224 g/mol. The third-order valence-corrected chi connectivity index (χ3v) is 4.41. The van der Waals surface area contributed by atoms with Crippen molar-refractivity contribution in [3.05, 3.63) is 0 Å². The highest BCUT2D eigenvalue weighted by Crippen LogP contribution is 2.35. The lowest BCUT2D eigenvalue weighted by Gasteiger charge is -2.28. The summed E-state index contributed by atoms with van der Waals surface area (Å²) in [5.74, 6) is 0. The maximum absolute atomic E-state index is 2.46. The van der Waals surface area contributed by atoms with Crippen LogP contribution in [0.2, 0.25) is 0 Å². The first-order chi connectivity index (χ1) is 7.41. The van der Waals surface area contributed by atoms with E-state index in [1.54, 1.807) is 0 Å². The van der Waals surface area contributed by atoms with Crippen LogP contribution in [-0.4, -0.2) is 0 Å². The molecule has 0 bridgehead atoms. The molecular weight excluding hydrogens is 192 g/mol. The molecule has 0 heteroatoms. The number of hydrogen-bond donors (Lipinski definition) is 0. The standard InChI is InChI=1S/C16H32/c1-15(2)11-7-5-6-8-12-16(3,4)14-10-9-13-15/h5-14H2,1-4H3. The lowest BCUT2D eigenvalue weighted by atomic mass is 9.77. The fourth-order valence-corrected chi connectivity index (χ4v) is 3.02. The second-order valence-corrected chi connectivity index (χ2v) is 7.45. The fourth-order valence-electron chi connectivity index (χ4n) is 3.02.